The molecule has 15 nitrogen and oxygen atoms in total. The minimum atomic E-state index is -0.747. The van der Waals surface area contributed by atoms with Crippen LogP contribution in [0.15, 0.2) is 58.7 Å². The summed E-state index contributed by atoms with van der Waals surface area (Å²) in [5.74, 6) is 0.167. The van der Waals surface area contributed by atoms with Gasteiger partial charge >= 0.3 is 12.0 Å². The fourth-order valence-corrected chi connectivity index (χ4v) is 8.66. The summed E-state index contributed by atoms with van der Waals surface area (Å²) < 4.78 is 5.03. The molecule has 292 valence electrons. The van der Waals surface area contributed by atoms with Crippen LogP contribution in [0.1, 0.15) is 78.9 Å². The summed E-state index contributed by atoms with van der Waals surface area (Å²) in [7, 11) is 0. The number of nitrogens with one attached hydrogen (secondary N) is 3. The number of piperidine rings is 3. The van der Waals surface area contributed by atoms with E-state index in [1.807, 2.05) is 48.2 Å². The molecule has 4 aliphatic rings. The van der Waals surface area contributed by atoms with E-state index in [0.29, 0.717) is 62.4 Å². The molecule has 15 heteroatoms. The predicted octanol–water partition coefficient (Wildman–Crippen LogP) is 2.69. The van der Waals surface area contributed by atoms with Gasteiger partial charge in [-0.2, -0.15) is 5.10 Å². The highest BCUT2D eigenvalue weighted by atomic mass is 16.5. The number of para-hydroxylation sites is 1. The van der Waals surface area contributed by atoms with Gasteiger partial charge in [-0.15, -0.1) is 5.10 Å². The average molecular weight is 761 g/mol. The number of fused-ring (bicyclic) bond motifs is 2. The van der Waals surface area contributed by atoms with Gasteiger partial charge < -0.3 is 24.8 Å². The summed E-state index contributed by atoms with van der Waals surface area (Å²) in [6.45, 7) is 7.95. The number of carbonyl (C=O) groups is 4. The van der Waals surface area contributed by atoms with Crippen molar-refractivity contribution in [2.45, 2.75) is 76.8 Å². The summed E-state index contributed by atoms with van der Waals surface area (Å²) in [6, 6.07) is 11.0. The molecule has 6 heterocycles. The van der Waals surface area contributed by atoms with Crippen molar-refractivity contribution in [3.8, 4) is 0 Å². The fourth-order valence-electron chi connectivity index (χ4n) is 8.66. The molecule has 0 unspecified atom stereocenters. The third-order valence-corrected chi connectivity index (χ3v) is 11.7. The van der Waals surface area contributed by atoms with Gasteiger partial charge in [0.1, 0.15) is 11.9 Å². The Kier molecular flexibility index (Phi) is 10.8. The molecule has 0 bridgehead atoms. The maximum Gasteiger partial charge on any atom is 0.378 e. The molecule has 0 spiro atoms. The number of H-pyrrole nitrogens is 2. The van der Waals surface area contributed by atoms with Gasteiger partial charge in [0.2, 0.25) is 5.91 Å². The summed E-state index contributed by atoms with van der Waals surface area (Å²) in [4.78, 5) is 68.0. The second-order valence-electron chi connectivity index (χ2n) is 15.2. The third kappa shape index (κ3) is 7.85. The second kappa shape index (κ2) is 16.2. The van der Waals surface area contributed by atoms with Gasteiger partial charge in [0.05, 0.1) is 23.7 Å². The number of aromatic nitrogens is 5. The zero-order chi connectivity index (χ0) is 38.8. The summed E-state index contributed by atoms with van der Waals surface area (Å²) in [6.07, 6.45) is 8.68. The lowest BCUT2D eigenvalue weighted by atomic mass is 9.92. The number of hydrogen-bond acceptors (Lipinski definition) is 9. The van der Waals surface area contributed by atoms with Crippen LogP contribution >= 0.6 is 0 Å². The Labute approximate surface area is 324 Å². The van der Waals surface area contributed by atoms with E-state index in [4.69, 9.17) is 4.74 Å². The predicted molar refractivity (Wildman–Crippen MR) is 207 cm³/mol. The second-order valence-corrected chi connectivity index (χ2v) is 15.2. The fraction of sp³-hybridized carbons (Fsp3) is 0.463. The maximum atomic E-state index is 14.3. The van der Waals surface area contributed by atoms with Crippen LogP contribution in [-0.4, -0.2) is 122 Å². The van der Waals surface area contributed by atoms with Crippen LogP contribution in [0.25, 0.3) is 17.0 Å². The van der Waals surface area contributed by atoms with Crippen molar-refractivity contribution in [2.24, 2.45) is 4.99 Å². The molecular weight excluding hydrogens is 713 g/mol. The first-order valence-corrected chi connectivity index (χ1v) is 19.8. The number of rotatable bonds is 8. The van der Waals surface area contributed by atoms with Crippen molar-refractivity contribution in [1.29, 1.82) is 0 Å². The highest BCUT2D eigenvalue weighted by Crippen LogP contribution is 2.30. The summed E-state index contributed by atoms with van der Waals surface area (Å²) in [5, 5.41) is 19.9. The number of aryl methyl sites for hydroxylation is 1. The standard InChI is InChI=1S/C41H48N10O5/c1-3-56-40(54)37-45-36(47-48-37)28-10-14-49(15-11-28)31-12-18-50(19-13-31)39(53)34(22-26-20-25(2)35-30(21-26)24-42-46-35)44-41(55)51-16-8-27(9-17-51)32-23-29-6-4-5-7-33(29)43-38(32)52/h4-7,20-21,23-24,28,31,34H,3,8-19,22H2,1-2H3,(H,42,46)(H,44,55)(H,45,47,48)/t34-/m1/s1. The number of nitrogens with zero attached hydrogens (tertiary/aromatic N) is 7. The van der Waals surface area contributed by atoms with E-state index in [9.17, 15) is 19.2 Å². The van der Waals surface area contributed by atoms with Crippen molar-refractivity contribution in [3.05, 3.63) is 87.1 Å². The van der Waals surface area contributed by atoms with Crippen LogP contribution in [0.3, 0.4) is 0 Å². The van der Waals surface area contributed by atoms with E-state index in [0.717, 1.165) is 77.4 Å². The molecule has 3 saturated heterocycles. The zero-order valence-corrected chi connectivity index (χ0v) is 31.9. The van der Waals surface area contributed by atoms with Crippen LogP contribution in [0.4, 0.5) is 4.79 Å². The third-order valence-electron chi connectivity index (χ3n) is 11.7. The van der Waals surface area contributed by atoms with Crippen LogP contribution in [0.5, 0.6) is 0 Å². The number of carbonyl (C=O) groups excluding carboxylic acids is 4. The first-order valence-electron chi connectivity index (χ1n) is 19.8. The molecule has 0 saturated carbocycles. The Balaban J connectivity index is 0.901. The largest absolute Gasteiger partial charge is 0.460 e. The molecular formula is C41H48N10O5. The van der Waals surface area contributed by atoms with Gasteiger partial charge in [-0.3, -0.25) is 19.8 Å². The zero-order valence-electron chi connectivity index (χ0n) is 31.9. The molecule has 0 aliphatic carbocycles. The van der Waals surface area contributed by atoms with E-state index in [2.05, 4.69) is 46.7 Å². The number of amides is 4. The molecule has 4 aromatic rings. The molecule has 4 aliphatic heterocycles. The Bertz CT molecular complexity index is 2290. The minimum Gasteiger partial charge on any atom is -0.460 e. The van der Waals surface area contributed by atoms with Gasteiger partial charge in [0, 0.05) is 60.7 Å². The number of ether oxygens (including phenoxy) is 1. The Morgan fingerprint density at radius 2 is 1.73 bits per heavy atom. The van der Waals surface area contributed by atoms with Crippen molar-refractivity contribution in [1.82, 2.24) is 45.4 Å². The summed E-state index contributed by atoms with van der Waals surface area (Å²) in [5.41, 5.74) is 4.56. The Morgan fingerprint density at radius 3 is 2.50 bits per heavy atom. The maximum absolute atomic E-state index is 14.3. The quantitative estimate of drug-likeness (QED) is 0.180. The van der Waals surface area contributed by atoms with Crippen molar-refractivity contribution >= 4 is 40.8 Å². The van der Waals surface area contributed by atoms with Crippen molar-refractivity contribution in [3.63, 3.8) is 0 Å². The SMILES string of the molecule is CCOC(=O)c1n[nH]c(C2CCN(C3CCN(C(=O)[C@@H](Cc4cc(C)c5[nH]ncc5c4)NC(=O)N4CCC(=C5C=c6ccccc6=NC5=O)CC4)CC3)CC2)n1. The Hall–Kier alpha value is -5.70. The van der Waals surface area contributed by atoms with Crippen LogP contribution in [0, 0.1) is 6.92 Å². The topological polar surface area (TPSA) is 182 Å². The molecule has 3 fully saturated rings. The Morgan fingerprint density at radius 1 is 0.964 bits per heavy atom. The number of esters is 1. The normalized spacial score (nSPS) is 19.0. The molecule has 8 rings (SSSR count). The van der Waals surface area contributed by atoms with E-state index in [1.165, 1.54) is 0 Å². The number of aromatic amines is 2. The van der Waals surface area contributed by atoms with Gasteiger partial charge in [-0.05, 0) is 94.8 Å². The smallest absolute Gasteiger partial charge is 0.378 e. The molecule has 56 heavy (non-hydrogen) atoms. The number of benzene rings is 2. The molecule has 2 aromatic heterocycles. The highest BCUT2D eigenvalue weighted by Gasteiger charge is 2.35. The van der Waals surface area contributed by atoms with Gasteiger partial charge in [0.15, 0.2) is 0 Å². The molecule has 3 N–H and O–H groups in total. The van der Waals surface area contributed by atoms with Gasteiger partial charge in [-0.1, -0.05) is 29.8 Å². The monoisotopic (exact) mass is 760 g/mol. The number of likely N-dealkylation sites (tertiary alicyclic amines) is 3. The molecule has 2 aromatic carbocycles. The molecule has 4 amide bonds. The lowest BCUT2D eigenvalue weighted by Crippen LogP contribution is -2.56. The number of hydrogen-bond donors (Lipinski definition) is 3. The van der Waals surface area contributed by atoms with Crippen molar-refractivity contribution in [2.75, 3.05) is 45.9 Å². The average Bonchev–Trinajstić information content (AvgIpc) is 3.92. The molecule has 0 radical (unpaired) electrons. The highest BCUT2D eigenvalue weighted by molar-refractivity contribution is 6.04. The van der Waals surface area contributed by atoms with Crippen LogP contribution < -0.4 is 15.9 Å². The van der Waals surface area contributed by atoms with E-state index in [-0.39, 0.29) is 36.2 Å². The molecule has 1 atom stereocenters. The van der Waals surface area contributed by atoms with Gasteiger partial charge in [-0.25, -0.2) is 19.6 Å². The number of urea groups is 1. The first kappa shape index (κ1) is 37.2. The lowest BCUT2D eigenvalue weighted by Gasteiger charge is -2.42. The summed E-state index contributed by atoms with van der Waals surface area (Å²) >= 11 is 0. The van der Waals surface area contributed by atoms with Crippen molar-refractivity contribution < 1.29 is 23.9 Å². The van der Waals surface area contributed by atoms with E-state index >= 15 is 0 Å². The van der Waals surface area contributed by atoms with E-state index in [1.54, 1.807) is 18.0 Å². The minimum absolute atomic E-state index is 0.0743. The van der Waals surface area contributed by atoms with E-state index < -0.39 is 12.0 Å². The van der Waals surface area contributed by atoms with Crippen LogP contribution in [-0.2, 0) is 20.7 Å². The van der Waals surface area contributed by atoms with Gasteiger partial charge in [0.25, 0.3) is 11.7 Å². The first-order chi connectivity index (χ1) is 27.2. The lowest BCUT2D eigenvalue weighted by molar-refractivity contribution is -0.135. The van der Waals surface area contributed by atoms with Crippen LogP contribution in [0.2, 0.25) is 0 Å².